The van der Waals surface area contributed by atoms with Gasteiger partial charge in [-0.15, -0.1) is 34.0 Å². The summed E-state index contributed by atoms with van der Waals surface area (Å²) in [6.07, 6.45) is 4.69. The van der Waals surface area contributed by atoms with Crippen molar-refractivity contribution in [2.24, 2.45) is 21.5 Å². The molecular weight excluding hydrogens is 520 g/mol. The molecule has 2 aromatic carbocycles. The van der Waals surface area contributed by atoms with Gasteiger partial charge in [-0.25, -0.2) is 9.98 Å². The molecule has 0 amide bonds. The summed E-state index contributed by atoms with van der Waals surface area (Å²) in [6, 6.07) is 19.6. The molecule has 0 aliphatic heterocycles. The van der Waals surface area contributed by atoms with E-state index in [9.17, 15) is 0 Å². The first kappa shape index (κ1) is 27.0. The van der Waals surface area contributed by atoms with Gasteiger partial charge < -0.3 is 11.5 Å². The molecule has 0 radical (unpaired) electrons. The van der Waals surface area contributed by atoms with Crippen LogP contribution in [0.2, 0.25) is 0 Å². The minimum Gasteiger partial charge on any atom is -0.378 e. The van der Waals surface area contributed by atoms with E-state index in [0.29, 0.717) is 10.3 Å². The summed E-state index contributed by atoms with van der Waals surface area (Å²) in [5.41, 5.74) is 13.7. The van der Waals surface area contributed by atoms with Crippen LogP contribution in [-0.4, -0.2) is 21.8 Å². The number of thioether (sulfide) groups is 2. The molecule has 0 saturated carbocycles. The first-order valence-corrected chi connectivity index (χ1v) is 10.7. The number of nitrogens with zero attached hydrogens (tertiary/aromatic N) is 2. The highest BCUT2D eigenvalue weighted by molar-refractivity contribution is 8.93. The van der Waals surface area contributed by atoms with Gasteiger partial charge in [0.1, 0.15) is 0 Å². The Morgan fingerprint density at radius 1 is 0.607 bits per heavy atom. The molecule has 0 aromatic heterocycles. The summed E-state index contributed by atoms with van der Waals surface area (Å²) < 4.78 is 0. The number of hydrogen-bond acceptors (Lipinski definition) is 4. The summed E-state index contributed by atoms with van der Waals surface area (Å²) in [5, 5.41) is 1.27. The molecule has 0 fully saturated rings. The molecule has 8 heteroatoms. The van der Waals surface area contributed by atoms with Crippen molar-refractivity contribution in [1.82, 2.24) is 0 Å². The van der Waals surface area contributed by atoms with Crippen LogP contribution in [0, 0.1) is 0 Å². The Kier molecular flexibility index (Phi) is 16.4. The molecule has 0 saturated heterocycles. The van der Waals surface area contributed by atoms with E-state index in [1.54, 1.807) is 23.5 Å². The van der Waals surface area contributed by atoms with Crippen molar-refractivity contribution < 1.29 is 0 Å². The van der Waals surface area contributed by atoms with Crippen molar-refractivity contribution >= 4 is 79.2 Å². The lowest BCUT2D eigenvalue weighted by molar-refractivity contribution is 0.712. The van der Waals surface area contributed by atoms with Crippen LogP contribution in [0.4, 0.5) is 11.4 Å². The molecule has 4 N–H and O–H groups in total. The maximum atomic E-state index is 5.95. The van der Waals surface area contributed by atoms with Crippen molar-refractivity contribution in [2.75, 3.05) is 11.5 Å². The standard InChI is InChI=1S/C20H26N4S2.2BrH/c21-19(23-17-11-5-3-6-12-17)25-15-9-1-2-10-16-26-20(22)24-18-13-7-4-8-14-18;;/h3-8,11-14H,1-2,9-10,15-16H2,(H2,21,23)(H2,22,24);2*1H. The minimum atomic E-state index is 0. The van der Waals surface area contributed by atoms with Crippen LogP contribution in [0.15, 0.2) is 70.6 Å². The first-order valence-electron chi connectivity index (χ1n) is 8.78. The van der Waals surface area contributed by atoms with E-state index < -0.39 is 0 Å². The summed E-state index contributed by atoms with van der Waals surface area (Å²) in [4.78, 5) is 8.77. The Labute approximate surface area is 197 Å². The molecule has 154 valence electrons. The summed E-state index contributed by atoms with van der Waals surface area (Å²) in [7, 11) is 0. The molecule has 0 aliphatic rings. The Morgan fingerprint density at radius 2 is 0.964 bits per heavy atom. The molecule has 2 rings (SSSR count). The van der Waals surface area contributed by atoms with E-state index in [1.807, 2.05) is 60.7 Å². The molecule has 0 heterocycles. The van der Waals surface area contributed by atoms with Crippen molar-refractivity contribution in [2.45, 2.75) is 25.7 Å². The molecule has 2 aromatic rings. The Bertz CT molecular complexity index is 636. The number of nitrogens with two attached hydrogens (primary N) is 2. The lowest BCUT2D eigenvalue weighted by Gasteiger charge is -2.03. The average molecular weight is 548 g/mol. The van der Waals surface area contributed by atoms with Gasteiger partial charge in [0.15, 0.2) is 10.3 Å². The SMILES string of the molecule is Br.Br.NC(=Nc1ccccc1)SCCCCCCSC(N)=Nc1ccccc1. The topological polar surface area (TPSA) is 76.8 Å². The third kappa shape index (κ3) is 12.5. The largest absolute Gasteiger partial charge is 0.378 e. The van der Waals surface area contributed by atoms with Gasteiger partial charge in [-0.2, -0.15) is 0 Å². The highest BCUT2D eigenvalue weighted by atomic mass is 79.9. The van der Waals surface area contributed by atoms with Gasteiger partial charge in [0.05, 0.1) is 11.4 Å². The number of benzene rings is 2. The quantitative estimate of drug-likeness (QED) is 0.214. The average Bonchev–Trinajstić information content (AvgIpc) is 2.65. The van der Waals surface area contributed by atoms with E-state index in [-0.39, 0.29) is 34.0 Å². The zero-order valence-corrected chi connectivity index (χ0v) is 20.8. The van der Waals surface area contributed by atoms with E-state index in [0.717, 1.165) is 35.7 Å². The predicted molar refractivity (Wildman–Crippen MR) is 139 cm³/mol. The highest BCUT2D eigenvalue weighted by Crippen LogP contribution is 2.16. The lowest BCUT2D eigenvalue weighted by atomic mass is 10.2. The smallest absolute Gasteiger partial charge is 0.159 e. The predicted octanol–water partition coefficient (Wildman–Crippen LogP) is 6.46. The van der Waals surface area contributed by atoms with Gasteiger partial charge in [-0.3, -0.25) is 0 Å². The van der Waals surface area contributed by atoms with E-state index >= 15 is 0 Å². The highest BCUT2D eigenvalue weighted by Gasteiger charge is 1.98. The minimum absolute atomic E-state index is 0. The van der Waals surface area contributed by atoms with Gasteiger partial charge in [0.25, 0.3) is 0 Å². The number of halogens is 2. The second-order valence-electron chi connectivity index (χ2n) is 5.68. The summed E-state index contributed by atoms with van der Waals surface area (Å²) >= 11 is 3.25. The van der Waals surface area contributed by atoms with Gasteiger partial charge in [-0.05, 0) is 37.1 Å². The van der Waals surface area contributed by atoms with Gasteiger partial charge in [0.2, 0.25) is 0 Å². The fourth-order valence-corrected chi connectivity index (χ4v) is 3.69. The third-order valence-corrected chi connectivity index (χ3v) is 5.29. The van der Waals surface area contributed by atoms with Crippen LogP contribution in [0.3, 0.4) is 0 Å². The number of hydrogen-bond donors (Lipinski definition) is 2. The molecule has 0 atom stereocenters. The molecular formula is C20H28Br2N4S2. The van der Waals surface area contributed by atoms with Crippen molar-refractivity contribution in [3.63, 3.8) is 0 Å². The normalized spacial score (nSPS) is 11.4. The number of amidine groups is 2. The van der Waals surface area contributed by atoms with E-state index in [1.165, 1.54) is 12.8 Å². The number of para-hydroxylation sites is 2. The van der Waals surface area contributed by atoms with Gasteiger partial charge in [0, 0.05) is 11.5 Å². The fourth-order valence-electron chi connectivity index (χ4n) is 2.24. The molecule has 0 aliphatic carbocycles. The van der Waals surface area contributed by atoms with E-state index in [4.69, 9.17) is 11.5 Å². The molecule has 28 heavy (non-hydrogen) atoms. The Balaban J connectivity index is 0.00000364. The maximum absolute atomic E-state index is 5.95. The van der Waals surface area contributed by atoms with Crippen LogP contribution in [-0.2, 0) is 0 Å². The van der Waals surface area contributed by atoms with Gasteiger partial charge >= 0.3 is 0 Å². The van der Waals surface area contributed by atoms with E-state index in [2.05, 4.69) is 9.98 Å². The van der Waals surface area contributed by atoms with Crippen LogP contribution in [0.5, 0.6) is 0 Å². The molecule has 4 nitrogen and oxygen atoms in total. The zero-order valence-electron chi connectivity index (χ0n) is 15.7. The fraction of sp³-hybridized carbons (Fsp3) is 0.300. The molecule has 0 bridgehead atoms. The second-order valence-corrected chi connectivity index (χ2v) is 7.91. The Morgan fingerprint density at radius 3 is 1.32 bits per heavy atom. The van der Waals surface area contributed by atoms with Crippen LogP contribution in [0.25, 0.3) is 0 Å². The molecule has 0 unspecified atom stereocenters. The third-order valence-electron chi connectivity index (χ3n) is 3.53. The van der Waals surface area contributed by atoms with Gasteiger partial charge in [-0.1, -0.05) is 72.8 Å². The van der Waals surface area contributed by atoms with Crippen molar-refractivity contribution in [3.05, 3.63) is 60.7 Å². The monoisotopic (exact) mass is 546 g/mol. The molecule has 0 spiro atoms. The number of unbranched alkanes of at least 4 members (excludes halogenated alkanes) is 3. The van der Waals surface area contributed by atoms with Crippen LogP contribution < -0.4 is 11.5 Å². The van der Waals surface area contributed by atoms with Crippen LogP contribution >= 0.6 is 57.5 Å². The second kappa shape index (κ2) is 16.9. The Hall–Kier alpha value is -0.960. The number of rotatable bonds is 9. The summed E-state index contributed by atoms with van der Waals surface area (Å²) in [5.74, 6) is 2.01. The summed E-state index contributed by atoms with van der Waals surface area (Å²) in [6.45, 7) is 0. The van der Waals surface area contributed by atoms with Crippen molar-refractivity contribution in [3.8, 4) is 0 Å². The zero-order chi connectivity index (χ0) is 18.5. The number of aliphatic imine (C=N–C) groups is 2. The van der Waals surface area contributed by atoms with Crippen molar-refractivity contribution in [1.29, 1.82) is 0 Å². The first-order chi connectivity index (χ1) is 12.7. The van der Waals surface area contributed by atoms with Crippen LogP contribution in [0.1, 0.15) is 25.7 Å². The maximum Gasteiger partial charge on any atom is 0.159 e. The lowest BCUT2D eigenvalue weighted by Crippen LogP contribution is -2.07.